The van der Waals surface area contributed by atoms with E-state index in [9.17, 15) is 19.1 Å². The molecule has 108 valence electrons. The number of hydrogen-bond donors (Lipinski definition) is 1. The second kappa shape index (κ2) is 6.32. The molecule has 1 aromatic carbocycles. The molecule has 0 saturated carbocycles. The van der Waals surface area contributed by atoms with Gasteiger partial charge in [0.05, 0.1) is 10.5 Å². The van der Waals surface area contributed by atoms with Crippen molar-refractivity contribution in [3.8, 4) is 0 Å². The van der Waals surface area contributed by atoms with Gasteiger partial charge in [-0.05, 0) is 18.9 Å². The van der Waals surface area contributed by atoms with E-state index < -0.39 is 21.6 Å². The summed E-state index contributed by atoms with van der Waals surface area (Å²) < 4.78 is 11.2. The molecule has 0 spiro atoms. The second-order valence-corrected chi connectivity index (χ2v) is 6.57. The first-order valence-corrected chi connectivity index (χ1v) is 7.94. The minimum Gasteiger partial charge on any atom is -0.349 e. The summed E-state index contributed by atoms with van der Waals surface area (Å²) in [5, 5.41) is 13.4. The van der Waals surface area contributed by atoms with Gasteiger partial charge in [-0.1, -0.05) is 17.7 Å². The molecule has 0 aromatic heterocycles. The SMILES string of the molecule is O=C(NC1CCS(=O)CC1)c1cccc([N+](=O)[O-])c1Cl. The quantitative estimate of drug-likeness (QED) is 0.681. The molecule has 6 nitrogen and oxygen atoms in total. The number of halogens is 1. The fraction of sp³-hybridized carbons (Fsp3) is 0.417. The van der Waals surface area contributed by atoms with Gasteiger partial charge in [0.25, 0.3) is 11.6 Å². The third-order valence-electron chi connectivity index (χ3n) is 3.14. The van der Waals surface area contributed by atoms with Crippen LogP contribution in [0.3, 0.4) is 0 Å². The predicted octanol–water partition coefficient (Wildman–Crippen LogP) is 1.89. The molecule has 1 amide bonds. The highest BCUT2D eigenvalue weighted by atomic mass is 35.5. The molecule has 0 aliphatic carbocycles. The highest BCUT2D eigenvalue weighted by Crippen LogP contribution is 2.27. The maximum Gasteiger partial charge on any atom is 0.288 e. The normalized spacial score (nSPS) is 22.2. The van der Waals surface area contributed by atoms with Gasteiger partial charge in [0, 0.05) is 34.4 Å². The number of hydrogen-bond acceptors (Lipinski definition) is 4. The van der Waals surface area contributed by atoms with Crippen LogP contribution >= 0.6 is 11.6 Å². The molecule has 1 fully saturated rings. The summed E-state index contributed by atoms with van der Waals surface area (Å²) in [6.07, 6.45) is 1.29. The van der Waals surface area contributed by atoms with Crippen molar-refractivity contribution in [3.63, 3.8) is 0 Å². The second-order valence-electron chi connectivity index (χ2n) is 4.49. The highest BCUT2D eigenvalue weighted by molar-refractivity contribution is 7.85. The van der Waals surface area contributed by atoms with E-state index in [4.69, 9.17) is 11.6 Å². The molecular weight excluding hydrogens is 304 g/mol. The molecule has 1 aromatic rings. The Morgan fingerprint density at radius 1 is 1.40 bits per heavy atom. The fourth-order valence-corrected chi connectivity index (χ4v) is 3.62. The molecule has 1 saturated heterocycles. The lowest BCUT2D eigenvalue weighted by molar-refractivity contribution is -0.384. The zero-order chi connectivity index (χ0) is 14.7. The van der Waals surface area contributed by atoms with Gasteiger partial charge in [0.15, 0.2) is 0 Å². The molecule has 0 radical (unpaired) electrons. The molecule has 8 heteroatoms. The van der Waals surface area contributed by atoms with Crippen molar-refractivity contribution >= 4 is 34.0 Å². The fourth-order valence-electron chi connectivity index (χ4n) is 2.04. The molecule has 0 atom stereocenters. The van der Waals surface area contributed by atoms with E-state index in [1.165, 1.54) is 18.2 Å². The van der Waals surface area contributed by atoms with Gasteiger partial charge in [-0.2, -0.15) is 0 Å². The maximum atomic E-state index is 12.1. The lowest BCUT2D eigenvalue weighted by atomic mass is 10.1. The molecule has 0 unspecified atom stereocenters. The van der Waals surface area contributed by atoms with Crippen molar-refractivity contribution < 1.29 is 13.9 Å². The number of nitrogens with zero attached hydrogens (tertiary/aromatic N) is 1. The van der Waals surface area contributed by atoms with Gasteiger partial charge in [0.2, 0.25) is 0 Å². The number of amides is 1. The first kappa shape index (κ1) is 14.9. The number of benzene rings is 1. The summed E-state index contributed by atoms with van der Waals surface area (Å²) in [5.41, 5.74) is -0.198. The van der Waals surface area contributed by atoms with E-state index in [-0.39, 0.29) is 22.3 Å². The summed E-state index contributed by atoms with van der Waals surface area (Å²) >= 11 is 5.89. The Morgan fingerprint density at radius 3 is 2.65 bits per heavy atom. The average Bonchev–Trinajstić information content (AvgIpc) is 2.41. The third kappa shape index (κ3) is 3.34. The topological polar surface area (TPSA) is 89.3 Å². The summed E-state index contributed by atoms with van der Waals surface area (Å²) in [4.78, 5) is 22.3. The van der Waals surface area contributed by atoms with E-state index in [2.05, 4.69) is 5.32 Å². The van der Waals surface area contributed by atoms with Crippen molar-refractivity contribution in [2.75, 3.05) is 11.5 Å². The first-order valence-electron chi connectivity index (χ1n) is 6.08. The lowest BCUT2D eigenvalue weighted by Crippen LogP contribution is -2.39. The van der Waals surface area contributed by atoms with Gasteiger partial charge in [-0.3, -0.25) is 19.1 Å². The Bertz CT molecular complexity index is 569. The van der Waals surface area contributed by atoms with Crippen LogP contribution in [0.4, 0.5) is 5.69 Å². The van der Waals surface area contributed by atoms with E-state index in [0.29, 0.717) is 24.3 Å². The van der Waals surface area contributed by atoms with Crippen molar-refractivity contribution in [2.24, 2.45) is 0 Å². The number of nitro groups is 1. The molecular formula is C12H13ClN2O4S. The Kier molecular flexibility index (Phi) is 4.72. The summed E-state index contributed by atoms with van der Waals surface area (Å²) in [6, 6.07) is 4.07. The highest BCUT2D eigenvalue weighted by Gasteiger charge is 2.24. The smallest absolute Gasteiger partial charge is 0.288 e. The molecule has 1 aliphatic rings. The third-order valence-corrected chi connectivity index (χ3v) is 4.92. The maximum absolute atomic E-state index is 12.1. The standard InChI is InChI=1S/C12H13ClN2O4S/c13-11-9(2-1-3-10(11)15(17)18)12(16)14-8-4-6-20(19)7-5-8/h1-3,8H,4-7H2,(H,14,16). The van der Waals surface area contributed by atoms with Crippen LogP contribution in [0.2, 0.25) is 5.02 Å². The Hall–Kier alpha value is -1.47. The largest absolute Gasteiger partial charge is 0.349 e. The predicted molar refractivity (Wildman–Crippen MR) is 76.5 cm³/mol. The molecule has 20 heavy (non-hydrogen) atoms. The van der Waals surface area contributed by atoms with Gasteiger partial charge >= 0.3 is 0 Å². The van der Waals surface area contributed by atoms with Crippen LogP contribution in [0.5, 0.6) is 0 Å². The summed E-state index contributed by atoms with van der Waals surface area (Å²) in [5.74, 6) is 0.692. The Balaban J connectivity index is 2.11. The van der Waals surface area contributed by atoms with Crippen LogP contribution < -0.4 is 5.32 Å². The van der Waals surface area contributed by atoms with Crippen LogP contribution in [0.1, 0.15) is 23.2 Å². The minimum absolute atomic E-state index is 0.0597. The van der Waals surface area contributed by atoms with Gasteiger partial charge < -0.3 is 5.32 Å². The number of carbonyl (C=O) groups is 1. The number of carbonyl (C=O) groups excluding carboxylic acids is 1. The van der Waals surface area contributed by atoms with Crippen LogP contribution in [0.25, 0.3) is 0 Å². The zero-order valence-electron chi connectivity index (χ0n) is 10.5. The zero-order valence-corrected chi connectivity index (χ0v) is 12.1. The van der Waals surface area contributed by atoms with Gasteiger partial charge in [-0.15, -0.1) is 0 Å². The van der Waals surface area contributed by atoms with Crippen LogP contribution in [-0.4, -0.2) is 32.6 Å². The van der Waals surface area contributed by atoms with Crippen molar-refractivity contribution in [1.29, 1.82) is 0 Å². The van der Waals surface area contributed by atoms with E-state index in [1.807, 2.05) is 0 Å². The summed E-state index contributed by atoms with van der Waals surface area (Å²) in [7, 11) is -0.801. The minimum atomic E-state index is -0.801. The molecule has 1 heterocycles. The van der Waals surface area contributed by atoms with Crippen LogP contribution in [0, 0.1) is 10.1 Å². The first-order chi connectivity index (χ1) is 9.49. The monoisotopic (exact) mass is 316 g/mol. The average molecular weight is 317 g/mol. The summed E-state index contributed by atoms with van der Waals surface area (Å²) in [6.45, 7) is 0. The molecule has 2 rings (SSSR count). The molecule has 0 bridgehead atoms. The van der Waals surface area contributed by atoms with Gasteiger partial charge in [-0.25, -0.2) is 0 Å². The number of rotatable bonds is 3. The number of nitro benzene ring substituents is 1. The van der Waals surface area contributed by atoms with E-state index in [1.54, 1.807) is 0 Å². The molecule has 1 N–H and O–H groups in total. The van der Waals surface area contributed by atoms with Crippen LogP contribution in [-0.2, 0) is 10.8 Å². The lowest BCUT2D eigenvalue weighted by Gasteiger charge is -2.22. The van der Waals surface area contributed by atoms with Crippen molar-refractivity contribution in [3.05, 3.63) is 38.9 Å². The molecule has 1 aliphatic heterocycles. The van der Waals surface area contributed by atoms with Gasteiger partial charge in [0.1, 0.15) is 5.02 Å². The van der Waals surface area contributed by atoms with Crippen LogP contribution in [0.15, 0.2) is 18.2 Å². The number of nitrogens with one attached hydrogen (secondary N) is 1. The van der Waals surface area contributed by atoms with Crippen molar-refractivity contribution in [1.82, 2.24) is 5.32 Å². The Morgan fingerprint density at radius 2 is 2.05 bits per heavy atom. The van der Waals surface area contributed by atoms with E-state index >= 15 is 0 Å². The van der Waals surface area contributed by atoms with Crippen molar-refractivity contribution in [2.45, 2.75) is 18.9 Å². The Labute approximate surface area is 123 Å². The van der Waals surface area contributed by atoms with E-state index in [0.717, 1.165) is 0 Å².